The Labute approximate surface area is 181 Å². The number of Topliss-reactive ketones (excluding diaryl/α,β-unsaturated/α-hetero) is 1. The van der Waals surface area contributed by atoms with E-state index in [1.807, 2.05) is 30.3 Å². The van der Waals surface area contributed by atoms with E-state index in [2.05, 4.69) is 20.0 Å². The first-order valence-electron chi connectivity index (χ1n) is 9.76. The van der Waals surface area contributed by atoms with Crippen molar-refractivity contribution in [2.75, 3.05) is 6.54 Å². The summed E-state index contributed by atoms with van der Waals surface area (Å²) in [4.78, 5) is 31.1. The van der Waals surface area contributed by atoms with Gasteiger partial charge in [0.1, 0.15) is 5.82 Å². The van der Waals surface area contributed by atoms with E-state index in [0.29, 0.717) is 11.4 Å². The number of amides is 1. The van der Waals surface area contributed by atoms with Gasteiger partial charge in [-0.25, -0.2) is 18.1 Å². The molecule has 1 atom stereocenters. The largest absolute Gasteiger partial charge is 0.346 e. The lowest BCUT2D eigenvalue weighted by atomic mass is 10.2. The molecule has 0 aliphatic carbocycles. The maximum Gasteiger partial charge on any atom is 0.240 e. The number of imidazole rings is 1. The minimum Gasteiger partial charge on any atom is -0.346 e. The Morgan fingerprint density at radius 3 is 2.39 bits per heavy atom. The molecule has 0 saturated carbocycles. The molecule has 3 aromatic rings. The second-order valence-corrected chi connectivity index (χ2v) is 8.83. The fourth-order valence-electron chi connectivity index (χ4n) is 2.95. The van der Waals surface area contributed by atoms with Gasteiger partial charge in [0.15, 0.2) is 5.78 Å². The summed E-state index contributed by atoms with van der Waals surface area (Å²) in [6, 6.07) is 15.0. The topological polar surface area (TPSA) is 121 Å². The van der Waals surface area contributed by atoms with Crippen molar-refractivity contribution in [1.82, 2.24) is 20.0 Å². The molecule has 162 valence electrons. The van der Waals surface area contributed by atoms with E-state index in [1.54, 1.807) is 13.1 Å². The number of hydrogen-bond acceptors (Lipinski definition) is 5. The number of carbonyl (C=O) groups excluding carboxylic acids is 2. The van der Waals surface area contributed by atoms with Gasteiger partial charge in [0, 0.05) is 18.5 Å². The molecule has 0 bridgehead atoms. The summed E-state index contributed by atoms with van der Waals surface area (Å²) in [6.07, 6.45) is 1.68. The van der Waals surface area contributed by atoms with Crippen LogP contribution in [0, 0.1) is 0 Å². The summed E-state index contributed by atoms with van der Waals surface area (Å²) >= 11 is 0. The second-order valence-electron chi connectivity index (χ2n) is 7.07. The van der Waals surface area contributed by atoms with Crippen LogP contribution >= 0.6 is 0 Å². The van der Waals surface area contributed by atoms with Crippen LogP contribution in [-0.2, 0) is 14.8 Å². The predicted octanol–water partition coefficient (Wildman–Crippen LogP) is 2.83. The van der Waals surface area contributed by atoms with E-state index in [1.165, 1.54) is 31.2 Å². The molecule has 2 aromatic carbocycles. The average molecular weight is 441 g/mol. The molecule has 1 heterocycles. The molecule has 1 unspecified atom stereocenters. The third-order valence-electron chi connectivity index (χ3n) is 4.68. The van der Waals surface area contributed by atoms with Crippen LogP contribution in [0.2, 0.25) is 0 Å². The van der Waals surface area contributed by atoms with Crippen LogP contribution in [0.25, 0.3) is 11.3 Å². The van der Waals surface area contributed by atoms with Crippen molar-refractivity contribution >= 4 is 21.7 Å². The van der Waals surface area contributed by atoms with E-state index >= 15 is 0 Å². The van der Waals surface area contributed by atoms with Crippen molar-refractivity contribution in [3.63, 3.8) is 0 Å². The lowest BCUT2D eigenvalue weighted by molar-refractivity contribution is -0.121. The zero-order valence-corrected chi connectivity index (χ0v) is 18.1. The predicted molar refractivity (Wildman–Crippen MR) is 117 cm³/mol. The number of H-pyrrole nitrogens is 1. The Morgan fingerprint density at radius 1 is 1.06 bits per heavy atom. The third kappa shape index (κ3) is 5.87. The molecular weight excluding hydrogens is 416 g/mol. The molecule has 0 aliphatic heterocycles. The summed E-state index contributed by atoms with van der Waals surface area (Å²) in [5.41, 5.74) is 2.27. The van der Waals surface area contributed by atoms with Crippen molar-refractivity contribution in [3.05, 3.63) is 72.2 Å². The first-order valence-corrected chi connectivity index (χ1v) is 11.2. The molecule has 3 rings (SSSR count). The third-order valence-corrected chi connectivity index (χ3v) is 6.16. The lowest BCUT2D eigenvalue weighted by Gasteiger charge is -2.12. The zero-order valence-electron chi connectivity index (χ0n) is 17.3. The lowest BCUT2D eigenvalue weighted by Crippen LogP contribution is -2.32. The van der Waals surface area contributed by atoms with Gasteiger partial charge in [-0.15, -0.1) is 0 Å². The highest BCUT2D eigenvalue weighted by Crippen LogP contribution is 2.18. The molecular formula is C22H24N4O4S. The summed E-state index contributed by atoms with van der Waals surface area (Å²) in [7, 11) is -3.77. The smallest absolute Gasteiger partial charge is 0.240 e. The molecule has 0 saturated heterocycles. The number of carbonyl (C=O) groups is 2. The highest BCUT2D eigenvalue weighted by atomic mass is 32.2. The van der Waals surface area contributed by atoms with Gasteiger partial charge >= 0.3 is 0 Å². The molecule has 0 fully saturated rings. The van der Waals surface area contributed by atoms with Crippen LogP contribution in [-0.4, -0.2) is 36.6 Å². The molecule has 0 spiro atoms. The summed E-state index contributed by atoms with van der Waals surface area (Å²) < 4.78 is 27.1. The van der Waals surface area contributed by atoms with Crippen LogP contribution in [0.1, 0.15) is 42.5 Å². The number of hydrogen-bond donors (Lipinski definition) is 3. The zero-order chi connectivity index (χ0) is 22.4. The van der Waals surface area contributed by atoms with E-state index in [0.717, 1.165) is 11.3 Å². The number of aromatic nitrogens is 2. The van der Waals surface area contributed by atoms with E-state index in [9.17, 15) is 18.0 Å². The number of sulfonamides is 1. The number of aromatic amines is 1. The van der Waals surface area contributed by atoms with Crippen molar-refractivity contribution < 1.29 is 18.0 Å². The van der Waals surface area contributed by atoms with Gasteiger partial charge in [-0.05, 0) is 31.5 Å². The van der Waals surface area contributed by atoms with E-state index in [4.69, 9.17) is 0 Å². The highest BCUT2D eigenvalue weighted by Gasteiger charge is 2.17. The standard InChI is InChI=1S/C22H24N4O4S/c1-15(22-23-14-20(26-22)18-6-4-3-5-7-18)25-21(28)12-13-24-31(29,30)19-10-8-17(9-11-19)16(2)27/h3-11,14-15,24H,12-13H2,1-2H3,(H,23,26)(H,25,28). The van der Waals surface area contributed by atoms with Gasteiger partial charge in [0.05, 0.1) is 22.8 Å². The average Bonchev–Trinajstić information content (AvgIpc) is 3.25. The fraction of sp³-hybridized carbons (Fsp3) is 0.227. The van der Waals surface area contributed by atoms with Crippen molar-refractivity contribution in [3.8, 4) is 11.3 Å². The van der Waals surface area contributed by atoms with Crippen LogP contribution in [0.5, 0.6) is 0 Å². The van der Waals surface area contributed by atoms with Crippen molar-refractivity contribution in [1.29, 1.82) is 0 Å². The maximum atomic E-state index is 12.3. The van der Waals surface area contributed by atoms with Crippen LogP contribution < -0.4 is 10.0 Å². The number of nitrogens with one attached hydrogen (secondary N) is 3. The fourth-order valence-corrected chi connectivity index (χ4v) is 3.99. The molecule has 31 heavy (non-hydrogen) atoms. The number of benzene rings is 2. The normalized spacial score (nSPS) is 12.3. The van der Waals surface area contributed by atoms with Crippen LogP contribution in [0.15, 0.2) is 65.7 Å². The SMILES string of the molecule is CC(=O)c1ccc(S(=O)(=O)NCCC(=O)NC(C)c2ncc(-c3ccccc3)[nH]2)cc1. The summed E-state index contributed by atoms with van der Waals surface area (Å²) in [5, 5.41) is 2.80. The number of nitrogens with zero attached hydrogens (tertiary/aromatic N) is 1. The quantitative estimate of drug-likeness (QED) is 0.442. The Kier molecular flexibility index (Phi) is 6.98. The van der Waals surface area contributed by atoms with E-state index < -0.39 is 10.0 Å². The second kappa shape index (κ2) is 9.67. The first-order chi connectivity index (χ1) is 14.8. The molecule has 0 aliphatic rings. The number of ketones is 1. The van der Waals surface area contributed by atoms with Crippen molar-refractivity contribution in [2.24, 2.45) is 0 Å². The van der Waals surface area contributed by atoms with Crippen molar-refractivity contribution in [2.45, 2.75) is 31.2 Å². The van der Waals surface area contributed by atoms with Crippen LogP contribution in [0.4, 0.5) is 0 Å². The highest BCUT2D eigenvalue weighted by molar-refractivity contribution is 7.89. The summed E-state index contributed by atoms with van der Waals surface area (Å²) in [5.74, 6) is 0.160. The van der Waals surface area contributed by atoms with Gasteiger partial charge in [-0.1, -0.05) is 42.5 Å². The Bertz CT molecular complexity index is 1160. The van der Waals surface area contributed by atoms with Gasteiger partial charge < -0.3 is 10.3 Å². The molecule has 1 aromatic heterocycles. The van der Waals surface area contributed by atoms with E-state index in [-0.39, 0.29) is 35.6 Å². The monoisotopic (exact) mass is 440 g/mol. The minimum absolute atomic E-state index is 0.0264. The minimum atomic E-state index is -3.77. The van der Waals surface area contributed by atoms with Gasteiger partial charge in [0.2, 0.25) is 15.9 Å². The molecule has 8 nitrogen and oxygen atoms in total. The molecule has 3 N–H and O–H groups in total. The van der Waals surface area contributed by atoms with Gasteiger partial charge in [-0.3, -0.25) is 9.59 Å². The molecule has 1 amide bonds. The Hall–Kier alpha value is -3.30. The van der Waals surface area contributed by atoms with Gasteiger partial charge in [0.25, 0.3) is 0 Å². The molecule has 9 heteroatoms. The maximum absolute atomic E-state index is 12.3. The summed E-state index contributed by atoms with van der Waals surface area (Å²) in [6.45, 7) is 3.15. The molecule has 0 radical (unpaired) electrons. The Balaban J connectivity index is 1.50. The number of rotatable bonds is 9. The Morgan fingerprint density at radius 2 is 1.74 bits per heavy atom. The first kappa shape index (κ1) is 22.4. The van der Waals surface area contributed by atoms with Crippen LogP contribution in [0.3, 0.4) is 0 Å². The van der Waals surface area contributed by atoms with Gasteiger partial charge in [-0.2, -0.15) is 0 Å².